The first-order valence-corrected chi connectivity index (χ1v) is 7.38. The Kier molecular flexibility index (Phi) is 5.46. The highest BCUT2D eigenvalue weighted by Crippen LogP contribution is 2.34. The number of hydrogen-bond donors (Lipinski definition) is 1. The molecule has 0 aromatic heterocycles. The Morgan fingerprint density at radius 3 is 2.43 bits per heavy atom. The van der Waals surface area contributed by atoms with Crippen molar-refractivity contribution in [2.24, 2.45) is 0 Å². The Hall–Kier alpha value is -2.69. The lowest BCUT2D eigenvalue weighted by Crippen LogP contribution is -2.26. The fourth-order valence-corrected chi connectivity index (χ4v) is 2.46. The molecule has 2 aromatic carbocycles. The Morgan fingerprint density at radius 2 is 1.83 bits per heavy atom. The fourth-order valence-electron chi connectivity index (χ4n) is 2.46. The average Bonchev–Trinajstić information content (AvgIpc) is 2.59. The molecular formula is C18H22N2O3. The maximum atomic E-state index is 12.4. The van der Waals surface area contributed by atoms with E-state index in [1.54, 1.807) is 32.2 Å². The summed E-state index contributed by atoms with van der Waals surface area (Å²) in [6.07, 6.45) is 0.884. The summed E-state index contributed by atoms with van der Waals surface area (Å²) in [6, 6.07) is 13.1. The highest BCUT2D eigenvalue weighted by molar-refractivity contribution is 5.92. The molecule has 0 aliphatic rings. The van der Waals surface area contributed by atoms with Gasteiger partial charge in [0.15, 0.2) is 11.5 Å². The van der Waals surface area contributed by atoms with Crippen molar-refractivity contribution in [2.45, 2.75) is 12.8 Å². The van der Waals surface area contributed by atoms with Gasteiger partial charge in [-0.3, -0.25) is 4.79 Å². The molecular weight excluding hydrogens is 292 g/mol. The molecule has 0 unspecified atom stereocenters. The van der Waals surface area contributed by atoms with Gasteiger partial charge in [0.25, 0.3) is 0 Å². The molecule has 0 fully saturated rings. The summed E-state index contributed by atoms with van der Waals surface area (Å²) in [5.74, 6) is 1.22. The number of nitrogen functional groups attached to an aromatic ring is 1. The summed E-state index contributed by atoms with van der Waals surface area (Å²) in [6.45, 7) is 0. The number of aryl methyl sites for hydroxylation is 1. The van der Waals surface area contributed by atoms with Crippen molar-refractivity contribution in [2.75, 3.05) is 31.9 Å². The van der Waals surface area contributed by atoms with E-state index in [2.05, 4.69) is 0 Å². The van der Waals surface area contributed by atoms with Crippen LogP contribution in [0, 0.1) is 0 Å². The van der Waals surface area contributed by atoms with Crippen molar-refractivity contribution in [3.63, 3.8) is 0 Å². The van der Waals surface area contributed by atoms with Gasteiger partial charge >= 0.3 is 0 Å². The van der Waals surface area contributed by atoms with Crippen molar-refractivity contribution in [1.29, 1.82) is 0 Å². The fraction of sp³-hybridized carbons (Fsp3) is 0.278. The third-order valence-electron chi connectivity index (χ3n) is 3.70. The Balaban J connectivity index is 2.11. The third-order valence-corrected chi connectivity index (χ3v) is 3.70. The van der Waals surface area contributed by atoms with E-state index in [-0.39, 0.29) is 5.91 Å². The number of para-hydroxylation sites is 1. The zero-order chi connectivity index (χ0) is 16.8. The van der Waals surface area contributed by atoms with Gasteiger partial charge in [-0.05, 0) is 24.6 Å². The monoisotopic (exact) mass is 314 g/mol. The Morgan fingerprint density at radius 1 is 1.13 bits per heavy atom. The average molecular weight is 314 g/mol. The van der Waals surface area contributed by atoms with Gasteiger partial charge < -0.3 is 20.1 Å². The maximum Gasteiger partial charge on any atom is 0.227 e. The third kappa shape index (κ3) is 3.94. The van der Waals surface area contributed by atoms with Crippen molar-refractivity contribution in [1.82, 2.24) is 0 Å². The second-order valence-electron chi connectivity index (χ2n) is 5.20. The van der Waals surface area contributed by atoms with E-state index in [1.807, 2.05) is 36.4 Å². The van der Waals surface area contributed by atoms with Crippen LogP contribution < -0.4 is 20.1 Å². The number of rotatable bonds is 6. The molecule has 0 spiro atoms. The molecule has 0 heterocycles. The lowest BCUT2D eigenvalue weighted by Gasteiger charge is -2.18. The van der Waals surface area contributed by atoms with E-state index < -0.39 is 0 Å². The topological polar surface area (TPSA) is 64.8 Å². The predicted octanol–water partition coefficient (Wildman–Crippen LogP) is 2.88. The molecule has 1 amide bonds. The van der Waals surface area contributed by atoms with Crippen LogP contribution in [0.5, 0.6) is 11.5 Å². The van der Waals surface area contributed by atoms with Crippen LogP contribution in [0.1, 0.15) is 12.0 Å². The zero-order valence-corrected chi connectivity index (χ0v) is 13.7. The molecule has 122 valence electrons. The molecule has 0 saturated heterocycles. The molecule has 2 rings (SSSR count). The van der Waals surface area contributed by atoms with E-state index in [0.717, 1.165) is 11.3 Å². The largest absolute Gasteiger partial charge is 0.493 e. The van der Waals surface area contributed by atoms with Crippen molar-refractivity contribution in [3.05, 3.63) is 48.0 Å². The summed E-state index contributed by atoms with van der Waals surface area (Å²) in [7, 11) is 4.92. The molecule has 23 heavy (non-hydrogen) atoms. The number of nitrogens with zero attached hydrogens (tertiary/aromatic N) is 1. The number of amides is 1. The molecule has 0 bridgehead atoms. The summed E-state index contributed by atoms with van der Waals surface area (Å²) in [4.78, 5) is 14.0. The number of carbonyl (C=O) groups excluding carboxylic acids is 1. The lowest BCUT2D eigenvalue weighted by molar-refractivity contribution is -0.118. The van der Waals surface area contributed by atoms with Crippen molar-refractivity contribution < 1.29 is 14.3 Å². The zero-order valence-electron chi connectivity index (χ0n) is 13.7. The summed E-state index contributed by atoms with van der Waals surface area (Å²) >= 11 is 0. The molecule has 2 aromatic rings. The summed E-state index contributed by atoms with van der Waals surface area (Å²) in [5.41, 5.74) is 8.20. The number of nitrogens with two attached hydrogens (primary N) is 1. The van der Waals surface area contributed by atoms with Crippen molar-refractivity contribution >= 4 is 17.3 Å². The van der Waals surface area contributed by atoms with E-state index in [0.29, 0.717) is 30.0 Å². The number of anilines is 2. The minimum Gasteiger partial charge on any atom is -0.493 e. The molecule has 5 nitrogen and oxygen atoms in total. The second kappa shape index (κ2) is 7.54. The van der Waals surface area contributed by atoms with Gasteiger partial charge in [-0.1, -0.05) is 18.2 Å². The smallest absolute Gasteiger partial charge is 0.227 e. The van der Waals surface area contributed by atoms with Crippen LogP contribution in [0.4, 0.5) is 11.4 Å². The first-order valence-electron chi connectivity index (χ1n) is 7.38. The summed E-state index contributed by atoms with van der Waals surface area (Å²) in [5, 5.41) is 0. The van der Waals surface area contributed by atoms with Crippen LogP contribution in [0.25, 0.3) is 0 Å². The van der Waals surface area contributed by atoms with Gasteiger partial charge in [-0.2, -0.15) is 0 Å². The molecule has 2 N–H and O–H groups in total. The highest BCUT2D eigenvalue weighted by Gasteiger charge is 2.15. The molecule has 0 radical (unpaired) electrons. The standard InChI is InChI=1S/C18H22N2O3/c1-20(15-7-5-4-6-8-15)17(21)10-9-13-11-14(19)12-16(22-2)18(13)23-3/h4-8,11-12H,9-10,19H2,1-3H3. The summed E-state index contributed by atoms with van der Waals surface area (Å²) < 4.78 is 10.7. The van der Waals surface area contributed by atoms with Crippen LogP contribution >= 0.6 is 0 Å². The minimum absolute atomic E-state index is 0.0274. The van der Waals surface area contributed by atoms with Gasteiger partial charge in [0.2, 0.25) is 5.91 Å². The van der Waals surface area contributed by atoms with Crippen LogP contribution in [-0.2, 0) is 11.2 Å². The molecule has 0 aliphatic carbocycles. The predicted molar refractivity (Wildman–Crippen MR) is 92.1 cm³/mol. The van der Waals surface area contributed by atoms with Gasteiger partial charge in [0.1, 0.15) is 0 Å². The Bertz CT molecular complexity index is 671. The number of methoxy groups -OCH3 is 2. The van der Waals surface area contributed by atoms with Crippen LogP contribution in [0.3, 0.4) is 0 Å². The Labute approximate surface area is 136 Å². The highest BCUT2D eigenvalue weighted by atomic mass is 16.5. The number of benzene rings is 2. The first kappa shape index (κ1) is 16.7. The van der Waals surface area contributed by atoms with Gasteiger partial charge in [-0.25, -0.2) is 0 Å². The molecule has 0 aliphatic heterocycles. The number of hydrogen-bond acceptors (Lipinski definition) is 4. The van der Waals surface area contributed by atoms with E-state index in [1.165, 1.54) is 0 Å². The van der Waals surface area contributed by atoms with E-state index in [4.69, 9.17) is 15.2 Å². The number of carbonyl (C=O) groups is 1. The maximum absolute atomic E-state index is 12.4. The van der Waals surface area contributed by atoms with E-state index >= 15 is 0 Å². The van der Waals surface area contributed by atoms with Crippen LogP contribution in [0.2, 0.25) is 0 Å². The van der Waals surface area contributed by atoms with Gasteiger partial charge in [0, 0.05) is 36.5 Å². The number of ether oxygens (including phenoxy) is 2. The normalized spacial score (nSPS) is 10.2. The van der Waals surface area contributed by atoms with Crippen molar-refractivity contribution in [3.8, 4) is 11.5 Å². The van der Waals surface area contributed by atoms with Gasteiger partial charge in [-0.15, -0.1) is 0 Å². The minimum atomic E-state index is 0.0274. The van der Waals surface area contributed by atoms with Crippen LogP contribution in [-0.4, -0.2) is 27.2 Å². The van der Waals surface area contributed by atoms with E-state index in [9.17, 15) is 4.79 Å². The van der Waals surface area contributed by atoms with Crippen LogP contribution in [0.15, 0.2) is 42.5 Å². The molecule has 0 atom stereocenters. The van der Waals surface area contributed by atoms with Gasteiger partial charge in [0.05, 0.1) is 14.2 Å². The quantitative estimate of drug-likeness (QED) is 0.833. The second-order valence-corrected chi connectivity index (χ2v) is 5.20. The first-order chi connectivity index (χ1) is 11.1. The molecule has 5 heteroatoms. The SMILES string of the molecule is COc1cc(N)cc(CCC(=O)N(C)c2ccccc2)c1OC. The lowest BCUT2D eigenvalue weighted by atomic mass is 10.1. The molecule has 0 saturated carbocycles.